The number of aryl methyl sites for hydroxylation is 2. The summed E-state index contributed by atoms with van der Waals surface area (Å²) < 4.78 is 1.84. The molecule has 102 valence electrons. The lowest BCUT2D eigenvalue weighted by atomic mass is 9.77. The monoisotopic (exact) mass is 276 g/mol. The molecule has 1 aliphatic rings. The number of fused-ring (bicyclic) bond motifs is 1. The van der Waals surface area contributed by atoms with Crippen LogP contribution in [0.3, 0.4) is 0 Å². The fraction of sp³-hybridized carbons (Fsp3) is 0.571. The van der Waals surface area contributed by atoms with E-state index in [-0.39, 0.29) is 11.5 Å². The minimum atomic E-state index is 0.127. The average molecular weight is 276 g/mol. The molecule has 0 saturated heterocycles. The van der Waals surface area contributed by atoms with Crippen LogP contribution < -0.4 is 5.73 Å². The molecule has 19 heavy (non-hydrogen) atoms. The summed E-state index contributed by atoms with van der Waals surface area (Å²) in [6.07, 6.45) is 4.09. The SMILES string of the molecule is Cc1nn(C)cc1-c1nc2c(s1)C(N)CC(C)(C)C2. The van der Waals surface area contributed by atoms with Crippen LogP contribution in [0.5, 0.6) is 0 Å². The highest BCUT2D eigenvalue weighted by atomic mass is 32.1. The zero-order valence-corrected chi connectivity index (χ0v) is 12.7. The Hall–Kier alpha value is -1.20. The molecule has 0 fully saturated rings. The Kier molecular flexibility index (Phi) is 2.80. The van der Waals surface area contributed by atoms with Crippen molar-refractivity contribution in [3.05, 3.63) is 22.5 Å². The maximum atomic E-state index is 6.31. The Morgan fingerprint density at radius 2 is 2.21 bits per heavy atom. The van der Waals surface area contributed by atoms with Crippen LogP contribution in [-0.4, -0.2) is 14.8 Å². The average Bonchev–Trinajstić information content (AvgIpc) is 2.80. The van der Waals surface area contributed by atoms with Crippen LogP contribution in [-0.2, 0) is 13.5 Å². The van der Waals surface area contributed by atoms with E-state index in [0.717, 1.165) is 29.1 Å². The summed E-state index contributed by atoms with van der Waals surface area (Å²) in [7, 11) is 1.94. The molecule has 2 N–H and O–H groups in total. The summed E-state index contributed by atoms with van der Waals surface area (Å²) in [6, 6.07) is 0.127. The van der Waals surface area contributed by atoms with Gasteiger partial charge in [0.1, 0.15) is 5.01 Å². The van der Waals surface area contributed by atoms with E-state index < -0.39 is 0 Å². The van der Waals surface area contributed by atoms with Gasteiger partial charge in [-0.2, -0.15) is 5.10 Å². The molecular weight excluding hydrogens is 256 g/mol. The third-order valence-electron chi connectivity index (χ3n) is 3.73. The third kappa shape index (κ3) is 2.21. The predicted molar refractivity (Wildman–Crippen MR) is 78.1 cm³/mol. The molecule has 2 aromatic rings. The van der Waals surface area contributed by atoms with Gasteiger partial charge >= 0.3 is 0 Å². The second kappa shape index (κ2) is 4.15. The molecule has 2 aromatic heterocycles. The van der Waals surface area contributed by atoms with Gasteiger partial charge in [0.25, 0.3) is 0 Å². The van der Waals surface area contributed by atoms with Crippen molar-refractivity contribution in [1.82, 2.24) is 14.8 Å². The van der Waals surface area contributed by atoms with Crippen LogP contribution in [0.15, 0.2) is 6.20 Å². The lowest BCUT2D eigenvalue weighted by Gasteiger charge is -2.32. The molecule has 0 spiro atoms. The van der Waals surface area contributed by atoms with Crippen LogP contribution in [0.25, 0.3) is 10.6 Å². The Bertz CT molecular complexity index is 623. The molecule has 5 heteroatoms. The number of rotatable bonds is 1. The Morgan fingerprint density at radius 1 is 1.47 bits per heavy atom. The Labute approximate surface area is 117 Å². The number of hydrogen-bond acceptors (Lipinski definition) is 4. The first-order chi connectivity index (χ1) is 8.85. The normalized spacial score (nSPS) is 21.4. The molecule has 1 atom stereocenters. The van der Waals surface area contributed by atoms with E-state index >= 15 is 0 Å². The van der Waals surface area contributed by atoms with Gasteiger partial charge in [-0.15, -0.1) is 11.3 Å². The highest BCUT2D eigenvalue weighted by Gasteiger charge is 2.33. The Morgan fingerprint density at radius 3 is 2.84 bits per heavy atom. The number of nitrogens with two attached hydrogens (primary N) is 1. The molecule has 4 nitrogen and oxygen atoms in total. The fourth-order valence-electron chi connectivity index (χ4n) is 2.92. The lowest BCUT2D eigenvalue weighted by molar-refractivity contribution is 0.282. The maximum absolute atomic E-state index is 6.31. The van der Waals surface area contributed by atoms with E-state index in [9.17, 15) is 0 Å². The van der Waals surface area contributed by atoms with Crippen LogP contribution in [0.1, 0.15) is 42.6 Å². The standard InChI is InChI=1S/C14H20N4S/c1-8-9(7-18(4)17-8)13-16-11-6-14(2,3)5-10(15)12(11)19-13/h7,10H,5-6,15H2,1-4H3. The van der Waals surface area contributed by atoms with Gasteiger partial charge in [-0.05, 0) is 25.2 Å². The van der Waals surface area contributed by atoms with Crippen molar-refractivity contribution in [3.63, 3.8) is 0 Å². The molecule has 1 unspecified atom stereocenters. The van der Waals surface area contributed by atoms with Crippen molar-refractivity contribution in [2.24, 2.45) is 18.2 Å². The van der Waals surface area contributed by atoms with Gasteiger partial charge in [0.05, 0.1) is 17.0 Å². The van der Waals surface area contributed by atoms with Crippen molar-refractivity contribution in [2.75, 3.05) is 0 Å². The number of nitrogens with zero attached hydrogens (tertiary/aromatic N) is 3. The number of thiazole rings is 1. The molecule has 0 amide bonds. The second-order valence-corrected chi connectivity index (χ2v) is 7.31. The van der Waals surface area contributed by atoms with Crippen molar-refractivity contribution in [2.45, 2.75) is 39.7 Å². The summed E-state index contributed by atoms with van der Waals surface area (Å²) >= 11 is 1.74. The summed E-state index contributed by atoms with van der Waals surface area (Å²) in [4.78, 5) is 6.09. The summed E-state index contributed by atoms with van der Waals surface area (Å²) in [5.41, 5.74) is 9.91. The van der Waals surface area contributed by atoms with Gasteiger partial charge in [-0.1, -0.05) is 13.8 Å². The van der Waals surface area contributed by atoms with Crippen molar-refractivity contribution < 1.29 is 0 Å². The van der Waals surface area contributed by atoms with E-state index in [1.54, 1.807) is 11.3 Å². The molecule has 1 aliphatic carbocycles. The summed E-state index contributed by atoms with van der Waals surface area (Å²) in [6.45, 7) is 6.56. The van der Waals surface area contributed by atoms with E-state index in [1.165, 1.54) is 10.6 Å². The quantitative estimate of drug-likeness (QED) is 0.871. The van der Waals surface area contributed by atoms with E-state index in [2.05, 4.69) is 18.9 Å². The van der Waals surface area contributed by atoms with Crippen LogP contribution in [0, 0.1) is 12.3 Å². The van der Waals surface area contributed by atoms with Crippen molar-refractivity contribution in [1.29, 1.82) is 0 Å². The zero-order valence-electron chi connectivity index (χ0n) is 11.9. The summed E-state index contributed by atoms with van der Waals surface area (Å²) in [5.74, 6) is 0. The molecule has 2 heterocycles. The fourth-order valence-corrected chi connectivity index (χ4v) is 4.06. The van der Waals surface area contributed by atoms with Gasteiger partial charge in [0.15, 0.2) is 0 Å². The largest absolute Gasteiger partial charge is 0.323 e. The first kappa shape index (κ1) is 12.8. The topological polar surface area (TPSA) is 56.7 Å². The van der Waals surface area contributed by atoms with Crippen LogP contribution in [0.4, 0.5) is 0 Å². The van der Waals surface area contributed by atoms with Crippen LogP contribution in [0.2, 0.25) is 0 Å². The molecule has 0 saturated carbocycles. The van der Waals surface area contributed by atoms with E-state index in [1.807, 2.05) is 24.9 Å². The van der Waals surface area contributed by atoms with Crippen LogP contribution >= 0.6 is 11.3 Å². The minimum absolute atomic E-state index is 0.127. The van der Waals surface area contributed by atoms with E-state index in [4.69, 9.17) is 10.7 Å². The molecule has 0 aromatic carbocycles. The highest BCUT2D eigenvalue weighted by Crippen LogP contribution is 2.43. The predicted octanol–water partition coefficient (Wildman–Crippen LogP) is 2.82. The van der Waals surface area contributed by atoms with Gasteiger partial charge in [-0.25, -0.2) is 4.98 Å². The van der Waals surface area contributed by atoms with Crippen molar-refractivity contribution >= 4 is 11.3 Å². The van der Waals surface area contributed by atoms with Gasteiger partial charge in [-0.3, -0.25) is 4.68 Å². The molecule has 3 rings (SSSR count). The van der Waals surface area contributed by atoms with Gasteiger partial charge < -0.3 is 5.73 Å². The maximum Gasteiger partial charge on any atom is 0.127 e. The van der Waals surface area contributed by atoms with Gasteiger partial charge in [0, 0.05) is 24.2 Å². The molecule has 0 bridgehead atoms. The van der Waals surface area contributed by atoms with Crippen molar-refractivity contribution in [3.8, 4) is 10.6 Å². The highest BCUT2D eigenvalue weighted by molar-refractivity contribution is 7.15. The smallest absolute Gasteiger partial charge is 0.127 e. The molecule has 0 radical (unpaired) electrons. The third-order valence-corrected chi connectivity index (χ3v) is 4.99. The first-order valence-corrected chi connectivity index (χ1v) is 7.43. The molecule has 0 aliphatic heterocycles. The lowest BCUT2D eigenvalue weighted by Crippen LogP contribution is -2.28. The summed E-state index contributed by atoms with van der Waals surface area (Å²) in [5, 5.41) is 5.45. The van der Waals surface area contributed by atoms with Gasteiger partial charge in [0.2, 0.25) is 0 Å². The Balaban J connectivity index is 2.06. The second-order valence-electron chi connectivity index (χ2n) is 6.28. The zero-order chi connectivity index (χ0) is 13.8. The molecular formula is C14H20N4S. The first-order valence-electron chi connectivity index (χ1n) is 6.61. The minimum Gasteiger partial charge on any atom is -0.323 e. The number of hydrogen-bond donors (Lipinski definition) is 1. The van der Waals surface area contributed by atoms with E-state index in [0.29, 0.717) is 0 Å². The number of aromatic nitrogens is 3.